The van der Waals surface area contributed by atoms with Gasteiger partial charge in [-0.1, -0.05) is 123 Å². The SMILES string of the molecule is CCCCCCCCCCCCCC[Si](OC)(OC)C(F)CCCCCCC. The first kappa shape index (κ1) is 28.1. The molecule has 0 saturated carbocycles. The average molecular weight is 419 g/mol. The molecule has 0 aliphatic carbocycles. The fraction of sp³-hybridized carbons (Fsp3) is 1.00. The van der Waals surface area contributed by atoms with E-state index in [0.29, 0.717) is 6.42 Å². The summed E-state index contributed by atoms with van der Waals surface area (Å²) in [6.45, 7) is 4.48. The summed E-state index contributed by atoms with van der Waals surface area (Å²) < 4.78 is 26.2. The minimum absolute atomic E-state index is 0.607. The second-order valence-electron chi connectivity index (χ2n) is 8.53. The van der Waals surface area contributed by atoms with E-state index in [-0.39, 0.29) is 0 Å². The van der Waals surface area contributed by atoms with Crippen molar-refractivity contribution in [3.05, 3.63) is 0 Å². The van der Waals surface area contributed by atoms with Crippen LogP contribution in [0, 0.1) is 0 Å². The fourth-order valence-corrected chi connectivity index (χ4v) is 6.85. The van der Waals surface area contributed by atoms with Crippen molar-refractivity contribution >= 4 is 8.56 Å². The summed E-state index contributed by atoms with van der Waals surface area (Å²) in [7, 11) is 0.626. The van der Waals surface area contributed by atoms with Gasteiger partial charge in [0.1, 0.15) is 5.79 Å². The van der Waals surface area contributed by atoms with Gasteiger partial charge in [-0.15, -0.1) is 0 Å². The second kappa shape index (κ2) is 20.3. The predicted octanol–water partition coefficient (Wildman–Crippen LogP) is 8.66. The van der Waals surface area contributed by atoms with Crippen LogP contribution in [-0.4, -0.2) is 28.6 Å². The number of hydrogen-bond acceptors (Lipinski definition) is 2. The molecule has 0 fully saturated rings. The standard InChI is InChI=1S/C24H51FO2Si/c1-5-7-9-11-12-13-14-15-16-17-19-21-23-28(26-3,27-4)24(25)22-20-18-10-8-6-2/h24H,5-23H2,1-4H3. The zero-order chi connectivity index (χ0) is 20.9. The number of unbranched alkanes of at least 4 members (excludes halogenated alkanes) is 15. The van der Waals surface area contributed by atoms with Gasteiger partial charge in [0.05, 0.1) is 0 Å². The highest BCUT2D eigenvalue weighted by Gasteiger charge is 2.44. The van der Waals surface area contributed by atoms with Crippen molar-refractivity contribution in [3.8, 4) is 0 Å². The van der Waals surface area contributed by atoms with Crippen LogP contribution in [0.4, 0.5) is 4.39 Å². The van der Waals surface area contributed by atoms with Gasteiger partial charge in [0.25, 0.3) is 0 Å². The molecule has 28 heavy (non-hydrogen) atoms. The molecule has 0 N–H and O–H groups in total. The summed E-state index contributed by atoms with van der Waals surface area (Å²) in [5.74, 6) is -0.892. The lowest BCUT2D eigenvalue weighted by Crippen LogP contribution is -2.50. The van der Waals surface area contributed by atoms with Gasteiger partial charge in [0.15, 0.2) is 0 Å². The fourth-order valence-electron chi connectivity index (χ4n) is 4.06. The zero-order valence-electron chi connectivity index (χ0n) is 19.7. The quantitative estimate of drug-likeness (QED) is 0.129. The van der Waals surface area contributed by atoms with E-state index in [1.165, 1.54) is 89.9 Å². The van der Waals surface area contributed by atoms with Crippen LogP contribution in [-0.2, 0) is 8.85 Å². The second-order valence-corrected chi connectivity index (χ2v) is 12.1. The highest BCUT2D eigenvalue weighted by molar-refractivity contribution is 6.68. The van der Waals surface area contributed by atoms with Crippen molar-refractivity contribution in [3.63, 3.8) is 0 Å². The largest absolute Gasteiger partial charge is 0.396 e. The first-order valence-electron chi connectivity index (χ1n) is 12.4. The smallest absolute Gasteiger partial charge is 0.373 e. The Kier molecular flexibility index (Phi) is 20.4. The van der Waals surface area contributed by atoms with Crippen LogP contribution in [0.5, 0.6) is 0 Å². The van der Waals surface area contributed by atoms with E-state index in [9.17, 15) is 4.39 Å². The normalized spacial score (nSPS) is 13.2. The number of halogens is 1. The van der Waals surface area contributed by atoms with E-state index in [1.54, 1.807) is 14.2 Å². The monoisotopic (exact) mass is 418 g/mol. The molecular formula is C24H51FO2Si. The molecule has 2 nitrogen and oxygen atoms in total. The van der Waals surface area contributed by atoms with Crippen molar-refractivity contribution in [2.24, 2.45) is 0 Å². The van der Waals surface area contributed by atoms with Crippen LogP contribution in [0.25, 0.3) is 0 Å². The van der Waals surface area contributed by atoms with E-state index in [1.807, 2.05) is 0 Å². The summed E-state index contributed by atoms with van der Waals surface area (Å²) in [4.78, 5) is 0. The average Bonchev–Trinajstić information content (AvgIpc) is 2.71. The lowest BCUT2D eigenvalue weighted by Gasteiger charge is -2.30. The Bertz CT molecular complexity index is 311. The Labute approximate surface area is 177 Å². The van der Waals surface area contributed by atoms with E-state index in [0.717, 1.165) is 25.3 Å². The third-order valence-corrected chi connectivity index (χ3v) is 9.78. The highest BCUT2D eigenvalue weighted by atomic mass is 28.4. The van der Waals surface area contributed by atoms with Gasteiger partial charge < -0.3 is 8.85 Å². The molecule has 0 bridgehead atoms. The van der Waals surface area contributed by atoms with E-state index < -0.39 is 14.4 Å². The Morgan fingerprint density at radius 1 is 0.571 bits per heavy atom. The van der Waals surface area contributed by atoms with Crippen molar-refractivity contribution in [1.29, 1.82) is 0 Å². The summed E-state index contributed by atoms with van der Waals surface area (Å²) in [6, 6.07) is 0.799. The Balaban J connectivity index is 3.79. The third-order valence-electron chi connectivity index (χ3n) is 6.11. The maximum Gasteiger partial charge on any atom is 0.373 e. The van der Waals surface area contributed by atoms with Gasteiger partial charge in [-0.3, -0.25) is 0 Å². The first-order chi connectivity index (χ1) is 13.7. The molecule has 0 saturated heterocycles. The van der Waals surface area contributed by atoms with Crippen molar-refractivity contribution < 1.29 is 13.2 Å². The van der Waals surface area contributed by atoms with Gasteiger partial charge in [0.2, 0.25) is 0 Å². The predicted molar refractivity (Wildman–Crippen MR) is 124 cm³/mol. The topological polar surface area (TPSA) is 18.5 Å². The summed E-state index contributed by atoms with van der Waals surface area (Å²) in [5.41, 5.74) is 0. The van der Waals surface area contributed by atoms with Gasteiger partial charge in [-0.2, -0.15) is 0 Å². The molecule has 0 amide bonds. The molecule has 1 unspecified atom stereocenters. The molecular weight excluding hydrogens is 367 g/mol. The third kappa shape index (κ3) is 14.1. The molecule has 0 aliphatic heterocycles. The van der Waals surface area contributed by atoms with Gasteiger partial charge in [0, 0.05) is 14.2 Å². The zero-order valence-corrected chi connectivity index (χ0v) is 20.7. The number of rotatable bonds is 22. The molecule has 0 aromatic heterocycles. The molecule has 0 spiro atoms. The lowest BCUT2D eigenvalue weighted by molar-refractivity contribution is 0.187. The molecule has 1 atom stereocenters. The van der Waals surface area contributed by atoms with Crippen LogP contribution in [0.3, 0.4) is 0 Å². The van der Waals surface area contributed by atoms with Gasteiger partial charge in [-0.05, 0) is 12.5 Å². The van der Waals surface area contributed by atoms with Gasteiger partial charge in [-0.25, -0.2) is 4.39 Å². The van der Waals surface area contributed by atoms with Gasteiger partial charge >= 0.3 is 8.56 Å². The lowest BCUT2D eigenvalue weighted by atomic mass is 10.1. The van der Waals surface area contributed by atoms with E-state index in [2.05, 4.69) is 13.8 Å². The van der Waals surface area contributed by atoms with E-state index >= 15 is 0 Å². The molecule has 0 aromatic carbocycles. The Morgan fingerprint density at radius 2 is 0.929 bits per heavy atom. The minimum atomic E-state index is -2.68. The number of alkyl halides is 1. The number of hydrogen-bond donors (Lipinski definition) is 0. The Morgan fingerprint density at radius 3 is 1.32 bits per heavy atom. The Hall–Kier alpha value is 0.0669. The summed E-state index contributed by atoms with van der Waals surface area (Å²) >= 11 is 0. The van der Waals surface area contributed by atoms with Crippen LogP contribution in [0.2, 0.25) is 6.04 Å². The summed E-state index contributed by atoms with van der Waals surface area (Å²) in [6.07, 6.45) is 22.3. The van der Waals surface area contributed by atoms with Crippen LogP contribution >= 0.6 is 0 Å². The van der Waals surface area contributed by atoms with Crippen molar-refractivity contribution in [2.45, 2.75) is 141 Å². The first-order valence-corrected chi connectivity index (χ1v) is 14.5. The van der Waals surface area contributed by atoms with Crippen molar-refractivity contribution in [1.82, 2.24) is 0 Å². The van der Waals surface area contributed by atoms with Crippen LogP contribution in [0.15, 0.2) is 0 Å². The molecule has 0 rings (SSSR count). The molecule has 170 valence electrons. The van der Waals surface area contributed by atoms with E-state index in [4.69, 9.17) is 8.85 Å². The highest BCUT2D eigenvalue weighted by Crippen LogP contribution is 2.27. The van der Waals surface area contributed by atoms with Crippen LogP contribution < -0.4 is 0 Å². The maximum absolute atomic E-state index is 14.9. The molecule has 0 aliphatic rings. The van der Waals surface area contributed by atoms with Crippen LogP contribution in [0.1, 0.15) is 129 Å². The summed E-state index contributed by atoms with van der Waals surface area (Å²) in [5, 5.41) is 0. The molecule has 4 heteroatoms. The van der Waals surface area contributed by atoms with Crippen molar-refractivity contribution in [2.75, 3.05) is 14.2 Å². The minimum Gasteiger partial charge on any atom is -0.396 e. The molecule has 0 aromatic rings. The molecule has 0 heterocycles. The maximum atomic E-state index is 14.9. The molecule has 0 radical (unpaired) electrons.